The second-order valence-corrected chi connectivity index (χ2v) is 7.23. The lowest BCUT2D eigenvalue weighted by atomic mass is 10.0. The number of pyridine rings is 1. The van der Waals surface area contributed by atoms with Gasteiger partial charge >= 0.3 is 0 Å². The highest BCUT2D eigenvalue weighted by Crippen LogP contribution is 2.29. The van der Waals surface area contributed by atoms with Crippen LogP contribution in [0, 0.1) is 22.7 Å². The molecule has 0 aliphatic rings. The topological polar surface area (TPSA) is 104 Å². The Morgan fingerprint density at radius 1 is 1.00 bits per heavy atom. The molecular weight excluding hydrogens is 380 g/mol. The van der Waals surface area contributed by atoms with Crippen molar-refractivity contribution < 1.29 is 4.79 Å². The lowest BCUT2D eigenvalue weighted by Crippen LogP contribution is -2.07. The van der Waals surface area contributed by atoms with Gasteiger partial charge in [0.25, 0.3) is 0 Å². The molecule has 1 heterocycles. The monoisotopic (exact) mass is 398 g/mol. The highest BCUT2D eigenvalue weighted by Gasteiger charge is 2.18. The summed E-state index contributed by atoms with van der Waals surface area (Å²) < 4.78 is 0. The highest BCUT2D eigenvalue weighted by atomic mass is 32.2. The fraction of sp³-hybridized carbons (Fsp3) is 0.130. The summed E-state index contributed by atoms with van der Waals surface area (Å²) in [5, 5.41) is 19.2. The Kier molecular flexibility index (Phi) is 6.29. The summed E-state index contributed by atoms with van der Waals surface area (Å²) in [6.07, 6.45) is 0.487. The molecular formula is C23H18N4OS. The number of aromatic nitrogens is 1. The number of nitrogen functional groups attached to an aromatic ring is 1. The number of ketones is 1. The number of rotatable bonds is 6. The number of anilines is 1. The quantitative estimate of drug-likeness (QED) is 0.480. The molecule has 0 spiro atoms. The number of hydrogen-bond acceptors (Lipinski definition) is 6. The minimum Gasteiger partial charge on any atom is -0.383 e. The number of nitriles is 2. The summed E-state index contributed by atoms with van der Waals surface area (Å²) in [6.45, 7) is 1.85. The number of carbonyl (C=O) groups excluding carboxylic acids is 1. The van der Waals surface area contributed by atoms with Crippen LogP contribution < -0.4 is 5.73 Å². The molecule has 2 N–H and O–H groups in total. The zero-order valence-corrected chi connectivity index (χ0v) is 16.7. The van der Waals surface area contributed by atoms with Gasteiger partial charge < -0.3 is 5.73 Å². The van der Waals surface area contributed by atoms with Gasteiger partial charge in [0.1, 0.15) is 23.0 Å². The standard InChI is InChI=1S/C23H18N4OS/c1-2-18-19(12-24)22(26)27-23(20(18)13-25)29-14-21(28)17-10-8-16(9-11-17)15-6-4-3-5-7-15/h3-11H,2,14H2,1H3,(H2,26,27). The van der Waals surface area contributed by atoms with E-state index >= 15 is 0 Å². The number of benzene rings is 2. The molecule has 3 aromatic rings. The molecule has 0 amide bonds. The zero-order chi connectivity index (χ0) is 20.8. The molecule has 6 heteroatoms. The molecule has 142 valence electrons. The van der Waals surface area contributed by atoms with E-state index in [4.69, 9.17) is 5.73 Å². The van der Waals surface area contributed by atoms with Gasteiger partial charge in [-0.05, 0) is 23.1 Å². The molecule has 3 rings (SSSR count). The summed E-state index contributed by atoms with van der Waals surface area (Å²) in [6, 6.07) is 21.5. The fourth-order valence-electron chi connectivity index (χ4n) is 3.02. The predicted octanol–water partition coefficient (Wildman–Crippen LogP) is 4.61. The van der Waals surface area contributed by atoms with E-state index in [9.17, 15) is 15.3 Å². The minimum atomic E-state index is -0.0683. The first-order valence-electron chi connectivity index (χ1n) is 9.03. The summed E-state index contributed by atoms with van der Waals surface area (Å²) >= 11 is 1.17. The van der Waals surface area contributed by atoms with Crippen molar-refractivity contribution >= 4 is 23.4 Å². The average Bonchev–Trinajstić information content (AvgIpc) is 2.77. The Labute approximate surface area is 173 Å². The van der Waals surface area contributed by atoms with E-state index in [0.717, 1.165) is 11.1 Å². The van der Waals surface area contributed by atoms with E-state index in [1.165, 1.54) is 11.8 Å². The molecule has 0 aliphatic carbocycles. The van der Waals surface area contributed by atoms with Crippen LogP contribution in [-0.2, 0) is 6.42 Å². The zero-order valence-electron chi connectivity index (χ0n) is 15.8. The van der Waals surface area contributed by atoms with E-state index in [2.05, 4.69) is 11.1 Å². The summed E-state index contributed by atoms with van der Waals surface area (Å²) in [5.74, 6) is 0.146. The van der Waals surface area contributed by atoms with Gasteiger partial charge in [-0.3, -0.25) is 4.79 Å². The Balaban J connectivity index is 1.78. The van der Waals surface area contributed by atoms with Crippen LogP contribution in [0.3, 0.4) is 0 Å². The summed E-state index contributed by atoms with van der Waals surface area (Å²) in [5.41, 5.74) is 9.72. The van der Waals surface area contributed by atoms with Gasteiger partial charge in [-0.2, -0.15) is 10.5 Å². The van der Waals surface area contributed by atoms with Gasteiger partial charge in [0.05, 0.1) is 16.9 Å². The first-order chi connectivity index (χ1) is 14.1. The Hall–Kier alpha value is -3.61. The number of thioether (sulfide) groups is 1. The van der Waals surface area contributed by atoms with Crippen molar-refractivity contribution in [2.75, 3.05) is 11.5 Å². The average molecular weight is 398 g/mol. The van der Waals surface area contributed by atoms with E-state index in [0.29, 0.717) is 28.1 Å². The molecule has 0 fully saturated rings. The fourth-order valence-corrected chi connectivity index (χ4v) is 3.93. The smallest absolute Gasteiger partial charge is 0.173 e. The van der Waals surface area contributed by atoms with Crippen LogP contribution in [0.5, 0.6) is 0 Å². The minimum absolute atomic E-state index is 0.0683. The molecule has 2 aromatic carbocycles. The van der Waals surface area contributed by atoms with Gasteiger partial charge in [0.15, 0.2) is 5.78 Å². The van der Waals surface area contributed by atoms with Crippen LogP contribution in [0.25, 0.3) is 11.1 Å². The van der Waals surface area contributed by atoms with Crippen molar-refractivity contribution in [1.29, 1.82) is 10.5 Å². The molecule has 0 atom stereocenters. The SMILES string of the molecule is CCc1c(C#N)c(N)nc(SCC(=O)c2ccc(-c3ccccc3)cc2)c1C#N. The second-order valence-electron chi connectivity index (χ2n) is 6.26. The van der Waals surface area contributed by atoms with Crippen molar-refractivity contribution in [2.45, 2.75) is 18.4 Å². The molecule has 0 bridgehead atoms. The number of hydrogen-bond donors (Lipinski definition) is 1. The third-order valence-corrected chi connectivity index (χ3v) is 5.50. The Morgan fingerprint density at radius 2 is 1.62 bits per heavy atom. The molecule has 0 unspecified atom stereocenters. The lowest BCUT2D eigenvalue weighted by molar-refractivity contribution is 0.102. The maximum absolute atomic E-state index is 12.6. The summed E-state index contributed by atoms with van der Waals surface area (Å²) in [7, 11) is 0. The van der Waals surface area contributed by atoms with Crippen molar-refractivity contribution in [3.8, 4) is 23.3 Å². The highest BCUT2D eigenvalue weighted by molar-refractivity contribution is 8.00. The molecule has 0 radical (unpaired) electrons. The second kappa shape index (κ2) is 9.05. The number of Topliss-reactive ketones (excluding diaryl/α,β-unsaturated/α-hetero) is 1. The normalized spacial score (nSPS) is 10.2. The van der Waals surface area contributed by atoms with E-state index in [1.54, 1.807) is 12.1 Å². The van der Waals surface area contributed by atoms with Gasteiger partial charge in [0.2, 0.25) is 0 Å². The molecule has 1 aromatic heterocycles. The van der Waals surface area contributed by atoms with Crippen molar-refractivity contribution in [1.82, 2.24) is 4.98 Å². The first kappa shape index (κ1) is 20.1. The number of carbonyl (C=O) groups is 1. The van der Waals surface area contributed by atoms with Crippen molar-refractivity contribution in [3.63, 3.8) is 0 Å². The molecule has 5 nitrogen and oxygen atoms in total. The van der Waals surface area contributed by atoms with Gasteiger partial charge in [-0.25, -0.2) is 4.98 Å². The van der Waals surface area contributed by atoms with Crippen LogP contribution in [0.1, 0.15) is 34.0 Å². The third kappa shape index (κ3) is 4.29. The molecule has 0 saturated heterocycles. The maximum atomic E-state index is 12.6. The van der Waals surface area contributed by atoms with E-state index < -0.39 is 0 Å². The first-order valence-corrected chi connectivity index (χ1v) is 10.0. The van der Waals surface area contributed by atoms with Crippen molar-refractivity contribution in [2.24, 2.45) is 0 Å². The van der Waals surface area contributed by atoms with Crippen molar-refractivity contribution in [3.05, 3.63) is 76.9 Å². The van der Waals surface area contributed by atoms with Gasteiger partial charge in [-0.15, -0.1) is 0 Å². The molecule has 0 aliphatic heterocycles. The number of nitrogens with zero attached hydrogens (tertiary/aromatic N) is 3. The van der Waals surface area contributed by atoms with Crippen LogP contribution in [0.15, 0.2) is 59.6 Å². The molecule has 0 saturated carbocycles. The van der Waals surface area contributed by atoms with E-state index in [1.807, 2.05) is 55.5 Å². The van der Waals surface area contributed by atoms with Gasteiger partial charge in [-0.1, -0.05) is 73.3 Å². The molecule has 29 heavy (non-hydrogen) atoms. The predicted molar refractivity (Wildman–Crippen MR) is 114 cm³/mol. The lowest BCUT2D eigenvalue weighted by Gasteiger charge is -2.11. The largest absolute Gasteiger partial charge is 0.383 e. The van der Waals surface area contributed by atoms with Crippen LogP contribution in [0.4, 0.5) is 5.82 Å². The van der Waals surface area contributed by atoms with Crippen LogP contribution in [0.2, 0.25) is 0 Å². The van der Waals surface area contributed by atoms with E-state index in [-0.39, 0.29) is 22.9 Å². The van der Waals surface area contributed by atoms with Crippen LogP contribution >= 0.6 is 11.8 Å². The number of nitrogens with two attached hydrogens (primary N) is 1. The third-order valence-electron chi connectivity index (χ3n) is 4.53. The maximum Gasteiger partial charge on any atom is 0.173 e. The van der Waals surface area contributed by atoms with Crippen LogP contribution in [-0.4, -0.2) is 16.5 Å². The Morgan fingerprint density at radius 3 is 2.21 bits per heavy atom. The Bertz CT molecular complexity index is 1130. The summed E-state index contributed by atoms with van der Waals surface area (Å²) in [4.78, 5) is 16.8. The van der Waals surface area contributed by atoms with Gasteiger partial charge in [0, 0.05) is 5.56 Å².